The summed E-state index contributed by atoms with van der Waals surface area (Å²) in [5.74, 6) is 0. The average Bonchev–Trinajstić information content (AvgIpc) is 2.27. The van der Waals surface area contributed by atoms with Gasteiger partial charge in [0.1, 0.15) is 0 Å². The second kappa shape index (κ2) is 5.99. The van der Waals surface area contributed by atoms with Gasteiger partial charge < -0.3 is 15.2 Å². The van der Waals surface area contributed by atoms with E-state index >= 15 is 0 Å². The Balaban J connectivity index is 2.34. The van der Waals surface area contributed by atoms with Crippen LogP contribution in [0.25, 0.3) is 0 Å². The normalized spacial score (nSPS) is 23.2. The highest BCUT2D eigenvalue weighted by molar-refractivity contribution is 4.91. The Morgan fingerprint density at radius 1 is 1.06 bits per heavy atom. The van der Waals surface area contributed by atoms with Crippen molar-refractivity contribution in [1.82, 2.24) is 0 Å². The number of ether oxygens (including phenoxy) is 2. The maximum Gasteiger partial charge on any atom is 0.0804 e. The molecule has 0 saturated heterocycles. The standard InChI is InChI=1S/C13H27NO2/c1-12(2)5-7-13(11-14,8-6-12)16-10-4-9-15-3/h4-11,14H2,1-3H3. The topological polar surface area (TPSA) is 44.5 Å². The molecule has 3 nitrogen and oxygen atoms in total. The van der Waals surface area contributed by atoms with Gasteiger partial charge in [-0.2, -0.15) is 0 Å². The van der Waals surface area contributed by atoms with E-state index in [1.165, 1.54) is 12.8 Å². The molecular formula is C13H27NO2. The van der Waals surface area contributed by atoms with E-state index in [1.54, 1.807) is 7.11 Å². The van der Waals surface area contributed by atoms with Crippen LogP contribution in [0.3, 0.4) is 0 Å². The van der Waals surface area contributed by atoms with Crippen molar-refractivity contribution in [3.8, 4) is 0 Å². The third-order valence-electron chi connectivity index (χ3n) is 3.79. The van der Waals surface area contributed by atoms with E-state index in [9.17, 15) is 0 Å². The van der Waals surface area contributed by atoms with Crippen molar-refractivity contribution in [3.63, 3.8) is 0 Å². The molecule has 1 aliphatic carbocycles. The monoisotopic (exact) mass is 229 g/mol. The van der Waals surface area contributed by atoms with E-state index in [4.69, 9.17) is 15.2 Å². The fourth-order valence-corrected chi connectivity index (χ4v) is 2.28. The first-order chi connectivity index (χ1) is 7.54. The largest absolute Gasteiger partial charge is 0.385 e. The van der Waals surface area contributed by atoms with E-state index in [0.29, 0.717) is 12.0 Å². The quantitative estimate of drug-likeness (QED) is 0.711. The predicted molar refractivity (Wildman–Crippen MR) is 66.5 cm³/mol. The molecule has 0 bridgehead atoms. The molecule has 0 aliphatic heterocycles. The van der Waals surface area contributed by atoms with Crippen molar-refractivity contribution in [2.24, 2.45) is 11.1 Å². The van der Waals surface area contributed by atoms with Gasteiger partial charge in [0.15, 0.2) is 0 Å². The molecule has 0 atom stereocenters. The second-order valence-electron chi connectivity index (χ2n) is 5.75. The highest BCUT2D eigenvalue weighted by Crippen LogP contribution is 2.41. The number of methoxy groups -OCH3 is 1. The third kappa shape index (κ3) is 4.04. The highest BCUT2D eigenvalue weighted by Gasteiger charge is 2.37. The summed E-state index contributed by atoms with van der Waals surface area (Å²) in [6.07, 6.45) is 5.59. The van der Waals surface area contributed by atoms with Crippen LogP contribution in [0.2, 0.25) is 0 Å². The van der Waals surface area contributed by atoms with Crippen LogP contribution in [0.1, 0.15) is 46.0 Å². The molecule has 0 amide bonds. The maximum absolute atomic E-state index is 6.01. The molecule has 96 valence electrons. The molecule has 0 aromatic carbocycles. The van der Waals surface area contributed by atoms with Crippen molar-refractivity contribution < 1.29 is 9.47 Å². The van der Waals surface area contributed by atoms with E-state index in [1.807, 2.05) is 0 Å². The predicted octanol–water partition coefficient (Wildman–Crippen LogP) is 2.34. The zero-order valence-electron chi connectivity index (χ0n) is 11.1. The molecule has 0 spiro atoms. The third-order valence-corrected chi connectivity index (χ3v) is 3.79. The van der Waals surface area contributed by atoms with Crippen LogP contribution < -0.4 is 5.73 Å². The summed E-state index contributed by atoms with van der Waals surface area (Å²) in [6.45, 7) is 6.85. The van der Waals surface area contributed by atoms with Gasteiger partial charge in [0.2, 0.25) is 0 Å². The van der Waals surface area contributed by atoms with Crippen molar-refractivity contribution in [3.05, 3.63) is 0 Å². The molecule has 1 rings (SSSR count). The lowest BCUT2D eigenvalue weighted by atomic mass is 9.71. The molecule has 2 N–H and O–H groups in total. The van der Waals surface area contributed by atoms with Crippen LogP contribution in [0.15, 0.2) is 0 Å². The Bertz CT molecular complexity index is 194. The zero-order chi connectivity index (χ0) is 12.1. The SMILES string of the molecule is COCCCOC1(CN)CCC(C)(C)CC1. The first kappa shape index (κ1) is 13.9. The lowest BCUT2D eigenvalue weighted by Gasteiger charge is -2.42. The van der Waals surface area contributed by atoms with Crippen LogP contribution in [0.5, 0.6) is 0 Å². The molecule has 1 saturated carbocycles. The molecule has 0 unspecified atom stereocenters. The molecule has 3 heteroatoms. The number of rotatable bonds is 6. The lowest BCUT2D eigenvalue weighted by molar-refractivity contribution is -0.0847. The van der Waals surface area contributed by atoms with Crippen molar-refractivity contribution >= 4 is 0 Å². The molecule has 1 aliphatic rings. The second-order valence-corrected chi connectivity index (χ2v) is 5.75. The molecular weight excluding hydrogens is 202 g/mol. The number of hydrogen-bond acceptors (Lipinski definition) is 3. The zero-order valence-corrected chi connectivity index (χ0v) is 11.1. The van der Waals surface area contributed by atoms with Gasteiger partial charge in [-0.1, -0.05) is 13.8 Å². The van der Waals surface area contributed by atoms with Crippen LogP contribution in [0, 0.1) is 5.41 Å². The molecule has 0 heterocycles. The van der Waals surface area contributed by atoms with E-state index in [2.05, 4.69) is 13.8 Å². The summed E-state index contributed by atoms with van der Waals surface area (Å²) in [5.41, 5.74) is 6.30. The summed E-state index contributed by atoms with van der Waals surface area (Å²) in [7, 11) is 1.72. The minimum Gasteiger partial charge on any atom is -0.385 e. The van der Waals surface area contributed by atoms with E-state index < -0.39 is 0 Å². The van der Waals surface area contributed by atoms with Crippen LogP contribution in [-0.2, 0) is 9.47 Å². The van der Waals surface area contributed by atoms with Crippen molar-refractivity contribution in [1.29, 1.82) is 0 Å². The Morgan fingerprint density at radius 2 is 1.69 bits per heavy atom. The fraction of sp³-hybridized carbons (Fsp3) is 1.00. The van der Waals surface area contributed by atoms with Crippen LogP contribution in [-0.4, -0.2) is 32.5 Å². The summed E-state index contributed by atoms with van der Waals surface area (Å²) in [4.78, 5) is 0. The minimum atomic E-state index is -0.0523. The average molecular weight is 229 g/mol. The Kier molecular flexibility index (Phi) is 5.22. The summed E-state index contributed by atoms with van der Waals surface area (Å²) in [6, 6.07) is 0. The van der Waals surface area contributed by atoms with Crippen LogP contribution in [0.4, 0.5) is 0 Å². The first-order valence-electron chi connectivity index (χ1n) is 6.37. The fourth-order valence-electron chi connectivity index (χ4n) is 2.28. The van der Waals surface area contributed by atoms with E-state index in [0.717, 1.165) is 32.5 Å². The van der Waals surface area contributed by atoms with Gasteiger partial charge in [-0.15, -0.1) is 0 Å². The Labute approximate surface area is 99.7 Å². The lowest BCUT2D eigenvalue weighted by Crippen LogP contribution is -2.45. The van der Waals surface area contributed by atoms with Gasteiger partial charge in [0.25, 0.3) is 0 Å². The molecule has 0 aromatic rings. The van der Waals surface area contributed by atoms with Gasteiger partial charge in [-0.3, -0.25) is 0 Å². The summed E-state index contributed by atoms with van der Waals surface area (Å²) >= 11 is 0. The Morgan fingerprint density at radius 3 is 2.19 bits per heavy atom. The summed E-state index contributed by atoms with van der Waals surface area (Å²) in [5, 5.41) is 0. The number of nitrogens with two attached hydrogens (primary N) is 1. The van der Waals surface area contributed by atoms with Gasteiger partial charge in [0, 0.05) is 26.9 Å². The molecule has 0 radical (unpaired) electrons. The smallest absolute Gasteiger partial charge is 0.0804 e. The van der Waals surface area contributed by atoms with Gasteiger partial charge in [-0.05, 0) is 37.5 Å². The molecule has 0 aromatic heterocycles. The molecule has 1 fully saturated rings. The molecule has 16 heavy (non-hydrogen) atoms. The Hall–Kier alpha value is -0.120. The minimum absolute atomic E-state index is 0.0523. The van der Waals surface area contributed by atoms with E-state index in [-0.39, 0.29) is 5.60 Å². The van der Waals surface area contributed by atoms with Gasteiger partial charge in [-0.25, -0.2) is 0 Å². The van der Waals surface area contributed by atoms with Gasteiger partial charge in [0.05, 0.1) is 5.60 Å². The van der Waals surface area contributed by atoms with Crippen molar-refractivity contribution in [2.45, 2.75) is 51.6 Å². The summed E-state index contributed by atoms with van der Waals surface area (Å²) < 4.78 is 11.0. The van der Waals surface area contributed by atoms with Gasteiger partial charge >= 0.3 is 0 Å². The highest BCUT2D eigenvalue weighted by atomic mass is 16.5. The van der Waals surface area contributed by atoms with Crippen LogP contribution >= 0.6 is 0 Å². The maximum atomic E-state index is 6.01. The first-order valence-corrected chi connectivity index (χ1v) is 6.37. The number of hydrogen-bond donors (Lipinski definition) is 1. The van der Waals surface area contributed by atoms with Crippen molar-refractivity contribution in [2.75, 3.05) is 26.9 Å².